The van der Waals surface area contributed by atoms with Crippen molar-refractivity contribution in [1.29, 1.82) is 0 Å². The van der Waals surface area contributed by atoms with Crippen LogP contribution >= 0.6 is 0 Å². The fraction of sp³-hybridized carbons (Fsp3) is 0.391. The molecule has 180 valence electrons. The van der Waals surface area contributed by atoms with E-state index < -0.39 is 18.3 Å². The lowest BCUT2D eigenvalue weighted by atomic mass is 10.0. The van der Waals surface area contributed by atoms with Gasteiger partial charge in [0.05, 0.1) is 19.4 Å². The lowest BCUT2D eigenvalue weighted by Crippen LogP contribution is -2.49. The number of hydrogen-bond donors (Lipinski definition) is 1. The van der Waals surface area contributed by atoms with Gasteiger partial charge >= 0.3 is 6.18 Å². The topological polar surface area (TPSA) is 75.8 Å². The van der Waals surface area contributed by atoms with Crippen molar-refractivity contribution in [3.05, 3.63) is 60.2 Å². The van der Waals surface area contributed by atoms with E-state index in [9.17, 15) is 18.0 Å². The second-order valence-corrected chi connectivity index (χ2v) is 8.34. The first-order valence-electron chi connectivity index (χ1n) is 11.0. The van der Waals surface area contributed by atoms with Gasteiger partial charge in [-0.15, -0.1) is 0 Å². The number of halogens is 3. The molecule has 1 saturated heterocycles. The number of methoxy groups -OCH3 is 1. The third-order valence-electron chi connectivity index (χ3n) is 6.30. The molecular weight excluding hydrogens is 451 g/mol. The molecule has 8 nitrogen and oxygen atoms in total. The van der Waals surface area contributed by atoms with E-state index in [-0.39, 0.29) is 23.8 Å². The standard InChI is InChI=1S/C23H24F3N5O3/c1-33-16-6-4-15(5-7-16)29-8-10-30(11-9-29)22(32)18-14-21-27-17(19-3-2-12-34-19)13-20(23(24,25)26)31(21)28-18/h2-7,12,14,17,20,27H,8-11,13H2,1H3. The van der Waals surface area contributed by atoms with Crippen LogP contribution in [0.1, 0.15) is 34.8 Å². The van der Waals surface area contributed by atoms with Gasteiger partial charge in [-0.3, -0.25) is 4.79 Å². The van der Waals surface area contributed by atoms with Crippen LogP contribution in [0.2, 0.25) is 0 Å². The summed E-state index contributed by atoms with van der Waals surface area (Å²) < 4.78 is 52.8. The predicted octanol–water partition coefficient (Wildman–Crippen LogP) is 4.11. The number of aromatic nitrogens is 2. The summed E-state index contributed by atoms with van der Waals surface area (Å²) in [5, 5.41) is 7.11. The highest BCUT2D eigenvalue weighted by Crippen LogP contribution is 2.43. The van der Waals surface area contributed by atoms with Crippen LogP contribution < -0.4 is 15.0 Å². The summed E-state index contributed by atoms with van der Waals surface area (Å²) in [6, 6.07) is 9.81. The van der Waals surface area contributed by atoms with E-state index in [1.807, 2.05) is 24.3 Å². The van der Waals surface area contributed by atoms with E-state index >= 15 is 0 Å². The third kappa shape index (κ3) is 4.17. The van der Waals surface area contributed by atoms with Crippen molar-refractivity contribution in [3.63, 3.8) is 0 Å². The number of rotatable bonds is 4. The maximum Gasteiger partial charge on any atom is 0.410 e. The molecule has 0 radical (unpaired) electrons. The number of alkyl halides is 3. The van der Waals surface area contributed by atoms with Crippen molar-refractivity contribution in [2.24, 2.45) is 0 Å². The van der Waals surface area contributed by atoms with Gasteiger partial charge in [-0.1, -0.05) is 0 Å². The van der Waals surface area contributed by atoms with Gasteiger partial charge in [-0.25, -0.2) is 4.68 Å². The molecule has 0 saturated carbocycles. The summed E-state index contributed by atoms with van der Waals surface area (Å²) in [5.74, 6) is 0.939. The van der Waals surface area contributed by atoms with Crippen LogP contribution in [0.5, 0.6) is 5.75 Å². The van der Waals surface area contributed by atoms with Gasteiger partial charge in [0.1, 0.15) is 17.3 Å². The monoisotopic (exact) mass is 475 g/mol. The number of amides is 1. The highest BCUT2D eigenvalue weighted by Gasteiger charge is 2.47. The number of nitrogens with zero attached hydrogens (tertiary/aromatic N) is 4. The molecule has 1 fully saturated rings. The minimum absolute atomic E-state index is 0.00487. The molecule has 2 aromatic heterocycles. The van der Waals surface area contributed by atoms with E-state index in [4.69, 9.17) is 9.15 Å². The third-order valence-corrected chi connectivity index (χ3v) is 6.30. The SMILES string of the molecule is COc1ccc(N2CCN(C(=O)c3cc4n(n3)C(C(F)(F)F)CC(c3ccco3)N4)CC2)cc1. The summed E-state index contributed by atoms with van der Waals surface area (Å²) in [6.45, 7) is 2.10. The molecule has 0 aliphatic carbocycles. The van der Waals surface area contributed by atoms with Gasteiger partial charge < -0.3 is 24.3 Å². The maximum atomic E-state index is 13.8. The van der Waals surface area contributed by atoms with Gasteiger partial charge in [-0.2, -0.15) is 18.3 Å². The molecule has 2 aliphatic rings. The average molecular weight is 475 g/mol. The molecule has 0 bridgehead atoms. The molecule has 2 aliphatic heterocycles. The van der Waals surface area contributed by atoms with Crippen LogP contribution in [0.15, 0.2) is 53.1 Å². The number of anilines is 2. The summed E-state index contributed by atoms with van der Waals surface area (Å²) in [4.78, 5) is 16.9. The van der Waals surface area contributed by atoms with Crippen molar-refractivity contribution >= 4 is 17.4 Å². The summed E-state index contributed by atoms with van der Waals surface area (Å²) in [7, 11) is 1.61. The van der Waals surface area contributed by atoms with Crippen molar-refractivity contribution in [2.75, 3.05) is 43.5 Å². The second-order valence-electron chi connectivity index (χ2n) is 8.34. The molecule has 11 heteroatoms. The van der Waals surface area contributed by atoms with E-state index in [1.54, 1.807) is 24.1 Å². The van der Waals surface area contributed by atoms with E-state index in [0.29, 0.717) is 31.9 Å². The number of piperazine rings is 1. The molecule has 2 atom stereocenters. The molecule has 1 aromatic carbocycles. The molecular formula is C23H24F3N5O3. The van der Waals surface area contributed by atoms with Crippen LogP contribution in [0.3, 0.4) is 0 Å². The Bertz CT molecular complexity index is 1140. The van der Waals surface area contributed by atoms with Gasteiger partial charge in [-0.05, 0) is 36.4 Å². The van der Waals surface area contributed by atoms with Crippen molar-refractivity contribution in [3.8, 4) is 5.75 Å². The van der Waals surface area contributed by atoms with Crippen molar-refractivity contribution in [1.82, 2.24) is 14.7 Å². The zero-order chi connectivity index (χ0) is 23.9. The highest BCUT2D eigenvalue weighted by molar-refractivity contribution is 5.93. The molecule has 2 unspecified atom stereocenters. The Morgan fingerprint density at radius 3 is 2.50 bits per heavy atom. The van der Waals surface area contributed by atoms with Crippen LogP contribution in [0, 0.1) is 0 Å². The number of carbonyl (C=O) groups excluding carboxylic acids is 1. The minimum Gasteiger partial charge on any atom is -0.497 e. The normalized spacial score (nSPS) is 20.6. The first kappa shape index (κ1) is 22.2. The molecule has 1 amide bonds. The summed E-state index contributed by atoms with van der Waals surface area (Å²) >= 11 is 0. The number of furan rings is 1. The Morgan fingerprint density at radius 1 is 1.15 bits per heavy atom. The van der Waals surface area contributed by atoms with Crippen LogP contribution in [-0.4, -0.2) is 60.1 Å². The predicted molar refractivity (Wildman–Crippen MR) is 118 cm³/mol. The smallest absolute Gasteiger partial charge is 0.410 e. The van der Waals surface area contributed by atoms with Crippen LogP contribution in [0.4, 0.5) is 24.7 Å². The second kappa shape index (κ2) is 8.62. The van der Waals surface area contributed by atoms with Gasteiger partial charge in [0, 0.05) is 44.4 Å². The van der Waals surface area contributed by atoms with Gasteiger partial charge in [0.2, 0.25) is 0 Å². The largest absolute Gasteiger partial charge is 0.497 e. The lowest BCUT2D eigenvalue weighted by Gasteiger charge is -2.35. The Balaban J connectivity index is 1.31. The highest BCUT2D eigenvalue weighted by atomic mass is 19.4. The van der Waals surface area contributed by atoms with E-state index in [0.717, 1.165) is 16.1 Å². The lowest BCUT2D eigenvalue weighted by molar-refractivity contribution is -0.174. The Labute approximate surface area is 193 Å². The van der Waals surface area contributed by atoms with Crippen LogP contribution in [-0.2, 0) is 0 Å². The van der Waals surface area contributed by atoms with E-state index in [1.165, 1.54) is 12.3 Å². The summed E-state index contributed by atoms with van der Waals surface area (Å²) in [5.41, 5.74) is 1.02. The Morgan fingerprint density at radius 2 is 1.88 bits per heavy atom. The molecule has 4 heterocycles. The molecule has 3 aromatic rings. The first-order chi connectivity index (χ1) is 16.3. The zero-order valence-corrected chi connectivity index (χ0v) is 18.5. The molecule has 0 spiro atoms. The first-order valence-corrected chi connectivity index (χ1v) is 11.0. The summed E-state index contributed by atoms with van der Waals surface area (Å²) in [6.07, 6.45) is -3.37. The molecule has 1 N–H and O–H groups in total. The van der Waals surface area contributed by atoms with E-state index in [2.05, 4.69) is 15.3 Å². The molecule has 5 rings (SSSR count). The Hall–Kier alpha value is -3.63. The Kier molecular flexibility index (Phi) is 5.62. The van der Waals surface area contributed by atoms with Gasteiger partial charge in [0.25, 0.3) is 5.91 Å². The molecule has 34 heavy (non-hydrogen) atoms. The zero-order valence-electron chi connectivity index (χ0n) is 18.5. The number of carbonyl (C=O) groups is 1. The fourth-order valence-corrected chi connectivity index (χ4v) is 4.48. The number of hydrogen-bond acceptors (Lipinski definition) is 6. The van der Waals surface area contributed by atoms with Gasteiger partial charge in [0.15, 0.2) is 11.7 Å². The quantitative estimate of drug-likeness (QED) is 0.612. The number of benzene rings is 1. The minimum atomic E-state index is -4.52. The van der Waals surface area contributed by atoms with Crippen LogP contribution in [0.25, 0.3) is 0 Å². The number of fused-ring (bicyclic) bond motifs is 1. The maximum absolute atomic E-state index is 13.8. The van der Waals surface area contributed by atoms with Crippen molar-refractivity contribution in [2.45, 2.75) is 24.7 Å². The number of ether oxygens (including phenoxy) is 1. The average Bonchev–Trinajstić information content (AvgIpc) is 3.53. The fourth-order valence-electron chi connectivity index (χ4n) is 4.48. The number of nitrogens with one attached hydrogen (secondary N) is 1. The van der Waals surface area contributed by atoms with Crippen molar-refractivity contribution < 1.29 is 27.1 Å².